The number of benzene rings is 1. The van der Waals surface area contributed by atoms with E-state index in [0.717, 1.165) is 0 Å². The molecule has 2 atom stereocenters. The first-order chi connectivity index (χ1) is 15.4. The Bertz CT molecular complexity index is 1210. The van der Waals surface area contributed by atoms with Crippen molar-refractivity contribution in [1.82, 2.24) is 14.9 Å². The average Bonchev–Trinajstić information content (AvgIpc) is 3.27. The fourth-order valence-corrected chi connectivity index (χ4v) is 3.63. The molecule has 32 heavy (non-hydrogen) atoms. The first-order valence-corrected chi connectivity index (χ1v) is 10.2. The van der Waals surface area contributed by atoms with Crippen molar-refractivity contribution in [1.29, 1.82) is 0 Å². The molecule has 8 nitrogen and oxygen atoms in total. The van der Waals surface area contributed by atoms with Gasteiger partial charge >= 0.3 is 0 Å². The van der Waals surface area contributed by atoms with Crippen LogP contribution < -0.4 is 21.5 Å². The Morgan fingerprint density at radius 1 is 1.06 bits per heavy atom. The van der Waals surface area contributed by atoms with Crippen molar-refractivity contribution >= 4 is 34.9 Å². The summed E-state index contributed by atoms with van der Waals surface area (Å²) in [6.07, 6.45) is 2.93. The van der Waals surface area contributed by atoms with Gasteiger partial charge in [-0.3, -0.25) is 19.0 Å². The third-order valence-corrected chi connectivity index (χ3v) is 5.40. The predicted octanol–water partition coefficient (Wildman–Crippen LogP) is 2.44. The molecule has 2 aromatic heterocycles. The summed E-state index contributed by atoms with van der Waals surface area (Å²) in [6.45, 7) is 0.576. The van der Waals surface area contributed by atoms with Crippen LogP contribution in [0.5, 0.6) is 0 Å². The number of anilines is 2. The lowest BCUT2D eigenvalue weighted by Crippen LogP contribution is -2.36. The maximum atomic E-state index is 14.6. The first-order valence-electron chi connectivity index (χ1n) is 9.84. The summed E-state index contributed by atoms with van der Waals surface area (Å²) in [7, 11) is 0. The topological polar surface area (TPSA) is 105 Å². The molecule has 3 N–H and O–H groups in total. The van der Waals surface area contributed by atoms with Gasteiger partial charge in [0, 0.05) is 37.6 Å². The summed E-state index contributed by atoms with van der Waals surface area (Å²) in [5, 5.41) is 8.67. The normalized spacial score (nSPS) is 17.7. The second kappa shape index (κ2) is 9.29. The number of hydrogen-bond acceptors (Lipinski definition) is 5. The van der Waals surface area contributed by atoms with E-state index in [4.69, 9.17) is 11.6 Å². The number of carbonyl (C=O) groups is 2. The van der Waals surface area contributed by atoms with Crippen LogP contribution in [-0.4, -0.2) is 34.5 Å². The molecule has 0 radical (unpaired) electrons. The van der Waals surface area contributed by atoms with Gasteiger partial charge in [0.2, 0.25) is 11.8 Å². The van der Waals surface area contributed by atoms with Gasteiger partial charge in [-0.2, -0.15) is 0 Å². The summed E-state index contributed by atoms with van der Waals surface area (Å²) >= 11 is 5.80. The van der Waals surface area contributed by atoms with Crippen molar-refractivity contribution in [3.63, 3.8) is 0 Å². The zero-order valence-electron chi connectivity index (χ0n) is 16.7. The highest BCUT2D eigenvalue weighted by Crippen LogP contribution is 2.23. The molecule has 164 valence electrons. The Kier molecular flexibility index (Phi) is 6.29. The first kappa shape index (κ1) is 21.7. The van der Waals surface area contributed by atoms with Crippen molar-refractivity contribution in [2.45, 2.75) is 0 Å². The highest BCUT2D eigenvalue weighted by atomic mass is 35.5. The lowest BCUT2D eigenvalue weighted by atomic mass is 9.94. The van der Waals surface area contributed by atoms with Gasteiger partial charge in [0.15, 0.2) is 0 Å². The van der Waals surface area contributed by atoms with Crippen LogP contribution in [-0.2, 0) is 9.59 Å². The number of amides is 2. The van der Waals surface area contributed by atoms with Crippen molar-refractivity contribution in [3.05, 3.63) is 82.1 Å². The van der Waals surface area contributed by atoms with Crippen LogP contribution in [0.15, 0.2) is 65.7 Å². The smallest absolute Gasteiger partial charge is 0.255 e. The van der Waals surface area contributed by atoms with Crippen LogP contribution in [0.2, 0.25) is 5.02 Å². The van der Waals surface area contributed by atoms with E-state index in [1.165, 1.54) is 41.2 Å². The number of hydrogen-bond donors (Lipinski definition) is 3. The number of aromatic nitrogens is 2. The van der Waals surface area contributed by atoms with E-state index in [1.54, 1.807) is 24.3 Å². The number of halogens is 2. The Labute approximate surface area is 187 Å². The molecule has 4 rings (SSSR count). The number of nitrogens with zero attached hydrogens (tertiary/aromatic N) is 2. The van der Waals surface area contributed by atoms with Crippen LogP contribution >= 0.6 is 11.6 Å². The molecule has 10 heteroatoms. The summed E-state index contributed by atoms with van der Waals surface area (Å²) in [5.41, 5.74) is -0.000691. The van der Waals surface area contributed by atoms with Crippen molar-refractivity contribution < 1.29 is 14.0 Å². The quantitative estimate of drug-likeness (QED) is 0.548. The van der Waals surface area contributed by atoms with E-state index in [1.807, 2.05) is 0 Å². The Hall–Kier alpha value is -3.56. The molecule has 3 heterocycles. The minimum Gasteiger partial charge on any atom is -0.323 e. The van der Waals surface area contributed by atoms with Crippen LogP contribution in [0.4, 0.5) is 15.9 Å². The fraction of sp³-hybridized carbons (Fsp3) is 0.182. The molecule has 3 aromatic rings. The number of pyridine rings is 2. The minimum atomic E-state index is -0.696. The molecule has 0 unspecified atom stereocenters. The number of carbonyl (C=O) groups excluding carboxylic acids is 2. The minimum absolute atomic E-state index is 0.0341. The molecule has 0 saturated carbocycles. The van der Waals surface area contributed by atoms with Crippen molar-refractivity contribution in [2.75, 3.05) is 23.7 Å². The Morgan fingerprint density at radius 3 is 2.47 bits per heavy atom. The van der Waals surface area contributed by atoms with Gasteiger partial charge in [0.25, 0.3) is 5.56 Å². The molecular formula is C22H19ClFN5O3. The van der Waals surface area contributed by atoms with Gasteiger partial charge in [0.1, 0.15) is 11.6 Å². The fourth-order valence-electron chi connectivity index (χ4n) is 3.52. The molecule has 1 fully saturated rings. The SMILES string of the molecule is O=C(Nc1ccc(Cl)cn1)[C@H]1CNC[C@@H]1C(=O)Nc1ccc(-n2ccccc2=O)cc1F. The van der Waals surface area contributed by atoms with Crippen LogP contribution in [0.3, 0.4) is 0 Å². The third-order valence-electron chi connectivity index (χ3n) is 5.18. The second-order valence-electron chi connectivity index (χ2n) is 7.28. The van der Waals surface area contributed by atoms with Gasteiger partial charge in [-0.1, -0.05) is 17.7 Å². The third kappa shape index (κ3) is 4.68. The molecule has 1 aliphatic rings. The second-order valence-corrected chi connectivity index (χ2v) is 7.72. The molecule has 1 aliphatic heterocycles. The molecule has 1 saturated heterocycles. The van der Waals surface area contributed by atoms with Gasteiger partial charge in [-0.05, 0) is 30.3 Å². The van der Waals surface area contributed by atoms with Gasteiger partial charge < -0.3 is 16.0 Å². The number of nitrogens with one attached hydrogen (secondary N) is 3. The van der Waals surface area contributed by atoms with Gasteiger partial charge in [-0.15, -0.1) is 0 Å². The molecule has 1 aromatic carbocycles. The van der Waals surface area contributed by atoms with Crippen LogP contribution in [0, 0.1) is 17.7 Å². The summed E-state index contributed by atoms with van der Waals surface area (Å²) in [4.78, 5) is 41.4. The van der Waals surface area contributed by atoms with Crippen LogP contribution in [0.25, 0.3) is 5.69 Å². The Balaban J connectivity index is 1.45. The van der Waals surface area contributed by atoms with E-state index in [0.29, 0.717) is 23.1 Å². The molecule has 0 spiro atoms. The average molecular weight is 456 g/mol. The predicted molar refractivity (Wildman–Crippen MR) is 118 cm³/mol. The number of rotatable bonds is 5. The van der Waals surface area contributed by atoms with E-state index in [-0.39, 0.29) is 23.7 Å². The van der Waals surface area contributed by atoms with Gasteiger partial charge in [0.05, 0.1) is 28.2 Å². The zero-order chi connectivity index (χ0) is 22.7. The maximum Gasteiger partial charge on any atom is 0.255 e. The summed E-state index contributed by atoms with van der Waals surface area (Å²) in [5.74, 6) is -2.57. The van der Waals surface area contributed by atoms with E-state index >= 15 is 0 Å². The lowest BCUT2D eigenvalue weighted by Gasteiger charge is -2.18. The molecule has 0 aliphatic carbocycles. The highest BCUT2D eigenvalue weighted by molar-refractivity contribution is 6.30. The van der Waals surface area contributed by atoms with Crippen molar-refractivity contribution in [2.24, 2.45) is 11.8 Å². The lowest BCUT2D eigenvalue weighted by molar-refractivity contribution is -0.127. The van der Waals surface area contributed by atoms with E-state index in [9.17, 15) is 18.8 Å². The standard InChI is InChI=1S/C22H19ClFN5O3/c23-13-4-7-19(26-10-13)28-22(32)16-12-25-11-15(16)21(31)27-18-6-5-14(9-17(18)24)29-8-2-1-3-20(29)30/h1-10,15-16,25H,11-12H2,(H,27,31)(H,26,28,32)/t15-,16-/m0/s1. The summed E-state index contributed by atoms with van der Waals surface area (Å²) in [6, 6.07) is 11.9. The maximum absolute atomic E-state index is 14.6. The van der Waals surface area contributed by atoms with Crippen LogP contribution in [0.1, 0.15) is 0 Å². The molecular weight excluding hydrogens is 437 g/mol. The van der Waals surface area contributed by atoms with E-state index < -0.39 is 23.6 Å². The largest absolute Gasteiger partial charge is 0.323 e. The summed E-state index contributed by atoms with van der Waals surface area (Å²) < 4.78 is 15.9. The monoisotopic (exact) mass is 455 g/mol. The Morgan fingerprint density at radius 2 is 1.81 bits per heavy atom. The zero-order valence-corrected chi connectivity index (χ0v) is 17.5. The molecule has 0 bridgehead atoms. The molecule has 2 amide bonds. The van der Waals surface area contributed by atoms with E-state index in [2.05, 4.69) is 20.9 Å². The van der Waals surface area contributed by atoms with Crippen molar-refractivity contribution in [3.8, 4) is 5.69 Å². The highest BCUT2D eigenvalue weighted by Gasteiger charge is 2.38. The van der Waals surface area contributed by atoms with Gasteiger partial charge in [-0.25, -0.2) is 9.37 Å².